The number of hydrogen-bond acceptors (Lipinski definition) is 4. The molecular formula is C22H28N4O. The zero-order valence-electron chi connectivity index (χ0n) is 16.0. The Labute approximate surface area is 160 Å². The Morgan fingerprint density at radius 1 is 1.04 bits per heavy atom. The normalized spacial score (nSPS) is 13.3. The maximum Gasteiger partial charge on any atom is 0.0941 e. The van der Waals surface area contributed by atoms with Gasteiger partial charge >= 0.3 is 0 Å². The molecule has 4 N–H and O–H groups in total. The summed E-state index contributed by atoms with van der Waals surface area (Å²) in [7, 11) is 0. The molecule has 5 nitrogen and oxygen atoms in total. The molecule has 3 aromatic rings. The molecule has 2 atom stereocenters. The van der Waals surface area contributed by atoms with Gasteiger partial charge in [0.25, 0.3) is 0 Å². The number of anilines is 1. The maximum atomic E-state index is 10.4. The fourth-order valence-corrected chi connectivity index (χ4v) is 3.28. The van der Waals surface area contributed by atoms with E-state index < -0.39 is 6.10 Å². The van der Waals surface area contributed by atoms with Crippen LogP contribution in [0.1, 0.15) is 35.0 Å². The van der Waals surface area contributed by atoms with E-state index in [1.807, 2.05) is 60.1 Å². The lowest BCUT2D eigenvalue weighted by atomic mass is 10.0. The van der Waals surface area contributed by atoms with Crippen molar-refractivity contribution < 1.29 is 5.11 Å². The molecule has 0 saturated carbocycles. The predicted octanol–water partition coefficient (Wildman–Crippen LogP) is 3.41. The third kappa shape index (κ3) is 4.76. The third-order valence-corrected chi connectivity index (χ3v) is 4.88. The molecule has 2 aromatic carbocycles. The molecule has 0 saturated heterocycles. The van der Waals surface area contributed by atoms with Crippen LogP contribution < -0.4 is 11.1 Å². The van der Waals surface area contributed by atoms with E-state index >= 15 is 0 Å². The zero-order chi connectivity index (χ0) is 19.2. The largest absolute Gasteiger partial charge is 0.387 e. The highest BCUT2D eigenvalue weighted by molar-refractivity contribution is 5.52. The van der Waals surface area contributed by atoms with Gasteiger partial charge in [-0.1, -0.05) is 60.7 Å². The lowest BCUT2D eigenvalue weighted by molar-refractivity contribution is 0.143. The van der Waals surface area contributed by atoms with Crippen molar-refractivity contribution in [3.05, 3.63) is 83.2 Å². The predicted molar refractivity (Wildman–Crippen MR) is 110 cm³/mol. The molecule has 5 heteroatoms. The minimum absolute atomic E-state index is 0.320. The van der Waals surface area contributed by atoms with Gasteiger partial charge < -0.3 is 16.2 Å². The third-order valence-electron chi connectivity index (χ3n) is 4.88. The lowest BCUT2D eigenvalue weighted by Crippen LogP contribution is -2.30. The summed E-state index contributed by atoms with van der Waals surface area (Å²) in [5.41, 5.74) is 11.4. The standard InChI is InChI=1S/C22H28N4O/c1-16-21(17(2)26(25-16)15-18-9-5-3-6-10-18)24-14-13-20(23)22(27)19-11-7-4-8-12-19/h3-12,20,22,24,27H,13-15,23H2,1-2H3. The van der Waals surface area contributed by atoms with Crippen molar-refractivity contribution in [2.75, 3.05) is 11.9 Å². The average molecular weight is 364 g/mol. The van der Waals surface area contributed by atoms with Crippen molar-refractivity contribution in [3.63, 3.8) is 0 Å². The number of rotatable bonds is 8. The monoisotopic (exact) mass is 364 g/mol. The maximum absolute atomic E-state index is 10.4. The van der Waals surface area contributed by atoms with Crippen LogP contribution in [0.25, 0.3) is 0 Å². The van der Waals surface area contributed by atoms with Crippen molar-refractivity contribution in [1.82, 2.24) is 9.78 Å². The van der Waals surface area contributed by atoms with Crippen LogP contribution in [0.4, 0.5) is 5.69 Å². The summed E-state index contributed by atoms with van der Waals surface area (Å²) in [5.74, 6) is 0. The summed E-state index contributed by atoms with van der Waals surface area (Å²) in [6.45, 7) is 5.52. The van der Waals surface area contributed by atoms with Gasteiger partial charge in [0, 0.05) is 12.6 Å². The van der Waals surface area contributed by atoms with Crippen LogP contribution in [-0.2, 0) is 6.54 Å². The molecule has 3 rings (SSSR count). The van der Waals surface area contributed by atoms with Crippen LogP contribution in [0.3, 0.4) is 0 Å². The van der Waals surface area contributed by atoms with Crippen molar-refractivity contribution in [1.29, 1.82) is 0 Å². The Balaban J connectivity index is 1.58. The van der Waals surface area contributed by atoms with E-state index in [0.717, 1.165) is 29.2 Å². The van der Waals surface area contributed by atoms with Crippen LogP contribution >= 0.6 is 0 Å². The number of nitrogens with one attached hydrogen (secondary N) is 1. The summed E-state index contributed by atoms with van der Waals surface area (Å²) in [6, 6.07) is 19.6. The van der Waals surface area contributed by atoms with Gasteiger partial charge in [-0.05, 0) is 31.4 Å². The summed E-state index contributed by atoms with van der Waals surface area (Å²) in [5, 5.41) is 18.5. The minimum atomic E-state index is -0.656. The minimum Gasteiger partial charge on any atom is -0.387 e. The second-order valence-electron chi connectivity index (χ2n) is 6.92. The second kappa shape index (κ2) is 8.84. The Bertz CT molecular complexity index is 846. The van der Waals surface area contributed by atoms with Gasteiger partial charge in [0.05, 0.1) is 29.7 Å². The number of aryl methyl sites for hydroxylation is 1. The van der Waals surface area contributed by atoms with E-state index in [2.05, 4.69) is 29.5 Å². The molecule has 142 valence electrons. The number of hydrogen-bond donors (Lipinski definition) is 3. The SMILES string of the molecule is Cc1nn(Cc2ccccc2)c(C)c1NCCC(N)C(O)c1ccccc1. The van der Waals surface area contributed by atoms with E-state index in [1.54, 1.807) is 0 Å². The molecule has 1 aromatic heterocycles. The molecule has 0 aliphatic heterocycles. The van der Waals surface area contributed by atoms with E-state index in [0.29, 0.717) is 13.0 Å². The van der Waals surface area contributed by atoms with Gasteiger partial charge in [0.15, 0.2) is 0 Å². The van der Waals surface area contributed by atoms with Gasteiger partial charge in [-0.3, -0.25) is 4.68 Å². The van der Waals surface area contributed by atoms with Crippen LogP contribution in [0.5, 0.6) is 0 Å². The van der Waals surface area contributed by atoms with Crippen molar-refractivity contribution in [3.8, 4) is 0 Å². The second-order valence-corrected chi connectivity index (χ2v) is 6.92. The Morgan fingerprint density at radius 2 is 1.67 bits per heavy atom. The first-order valence-electron chi connectivity index (χ1n) is 9.36. The first-order chi connectivity index (χ1) is 13.1. The molecule has 2 unspecified atom stereocenters. The number of aliphatic hydroxyl groups is 1. The highest BCUT2D eigenvalue weighted by Gasteiger charge is 2.17. The first kappa shape index (κ1) is 19.1. The van der Waals surface area contributed by atoms with E-state index in [4.69, 9.17) is 5.73 Å². The van der Waals surface area contributed by atoms with Gasteiger partial charge in [0.1, 0.15) is 0 Å². The molecule has 0 aliphatic carbocycles. The van der Waals surface area contributed by atoms with Crippen molar-refractivity contribution in [2.24, 2.45) is 5.73 Å². The van der Waals surface area contributed by atoms with Crippen LogP contribution in [-0.4, -0.2) is 27.5 Å². The number of aliphatic hydroxyl groups excluding tert-OH is 1. The van der Waals surface area contributed by atoms with Crippen molar-refractivity contribution >= 4 is 5.69 Å². The van der Waals surface area contributed by atoms with E-state index in [9.17, 15) is 5.11 Å². The Hall–Kier alpha value is -2.63. The molecule has 27 heavy (non-hydrogen) atoms. The molecule has 0 fully saturated rings. The summed E-state index contributed by atoms with van der Waals surface area (Å²) in [4.78, 5) is 0. The summed E-state index contributed by atoms with van der Waals surface area (Å²) >= 11 is 0. The topological polar surface area (TPSA) is 76.1 Å². The average Bonchev–Trinajstić information content (AvgIpc) is 2.96. The van der Waals surface area contributed by atoms with Crippen LogP contribution in [0, 0.1) is 13.8 Å². The van der Waals surface area contributed by atoms with Crippen LogP contribution in [0.2, 0.25) is 0 Å². The lowest BCUT2D eigenvalue weighted by Gasteiger charge is -2.19. The summed E-state index contributed by atoms with van der Waals surface area (Å²) in [6.07, 6.45) is 0.00900. The summed E-state index contributed by atoms with van der Waals surface area (Å²) < 4.78 is 2.02. The highest BCUT2D eigenvalue weighted by Crippen LogP contribution is 2.22. The molecule has 0 aliphatic rings. The molecule has 0 radical (unpaired) electrons. The Morgan fingerprint density at radius 3 is 2.33 bits per heavy atom. The van der Waals surface area contributed by atoms with Gasteiger partial charge in [0.2, 0.25) is 0 Å². The smallest absolute Gasteiger partial charge is 0.0941 e. The van der Waals surface area contributed by atoms with Gasteiger partial charge in [-0.15, -0.1) is 0 Å². The fraction of sp³-hybridized carbons (Fsp3) is 0.318. The van der Waals surface area contributed by atoms with E-state index in [-0.39, 0.29) is 6.04 Å². The zero-order valence-corrected chi connectivity index (χ0v) is 16.0. The number of nitrogens with two attached hydrogens (primary N) is 1. The number of nitrogens with zero attached hydrogens (tertiary/aromatic N) is 2. The molecule has 1 heterocycles. The van der Waals surface area contributed by atoms with Gasteiger partial charge in [-0.25, -0.2) is 0 Å². The van der Waals surface area contributed by atoms with Gasteiger partial charge in [-0.2, -0.15) is 5.10 Å². The molecule has 0 spiro atoms. The Kier molecular flexibility index (Phi) is 6.27. The first-order valence-corrected chi connectivity index (χ1v) is 9.36. The number of aromatic nitrogens is 2. The fourth-order valence-electron chi connectivity index (χ4n) is 3.28. The van der Waals surface area contributed by atoms with Crippen molar-refractivity contribution in [2.45, 2.75) is 39.0 Å². The van der Waals surface area contributed by atoms with E-state index in [1.165, 1.54) is 5.56 Å². The quantitative estimate of drug-likeness (QED) is 0.572. The highest BCUT2D eigenvalue weighted by atomic mass is 16.3. The number of benzene rings is 2. The van der Waals surface area contributed by atoms with Crippen LogP contribution in [0.15, 0.2) is 60.7 Å². The molecule has 0 bridgehead atoms. The molecular weight excluding hydrogens is 336 g/mol. The molecule has 0 amide bonds.